The van der Waals surface area contributed by atoms with Crippen molar-refractivity contribution in [2.24, 2.45) is 0 Å². The maximum Gasteiger partial charge on any atom is 0.252 e. The summed E-state index contributed by atoms with van der Waals surface area (Å²) in [6, 6.07) is 6.19. The Kier molecular flexibility index (Phi) is 6.65. The lowest BCUT2D eigenvalue weighted by Gasteiger charge is -2.42. The lowest BCUT2D eigenvalue weighted by molar-refractivity contribution is -0.130. The highest BCUT2D eigenvalue weighted by atomic mass is 32.2. The first-order valence-corrected chi connectivity index (χ1v) is 9.52. The number of benzene rings is 1. The van der Waals surface area contributed by atoms with Gasteiger partial charge in [0, 0.05) is 23.4 Å². The lowest BCUT2D eigenvalue weighted by atomic mass is 10.0. The first kappa shape index (κ1) is 20.7. The van der Waals surface area contributed by atoms with Crippen molar-refractivity contribution in [3.05, 3.63) is 29.8 Å². The number of rotatable bonds is 6. The minimum Gasteiger partial charge on any atom is -0.497 e. The van der Waals surface area contributed by atoms with E-state index in [1.165, 1.54) is 11.8 Å². The van der Waals surface area contributed by atoms with Crippen LogP contribution in [-0.4, -0.2) is 71.0 Å². The van der Waals surface area contributed by atoms with Gasteiger partial charge in [-0.1, -0.05) is 30.0 Å². The predicted octanol–water partition coefficient (Wildman–Crippen LogP) is 1.99. The van der Waals surface area contributed by atoms with Crippen molar-refractivity contribution in [3.63, 3.8) is 0 Å². The van der Waals surface area contributed by atoms with E-state index in [9.17, 15) is 9.59 Å². The highest BCUT2D eigenvalue weighted by molar-refractivity contribution is 8.24. The summed E-state index contributed by atoms with van der Waals surface area (Å²) in [5, 5.41) is 2.88. The number of carbonyl (C=O) groups excluding carboxylic acids is 2. The smallest absolute Gasteiger partial charge is 0.252 e. The van der Waals surface area contributed by atoms with Crippen LogP contribution in [0.1, 0.15) is 24.2 Å². The topological polar surface area (TPSA) is 61.9 Å². The molecule has 1 aliphatic heterocycles. The van der Waals surface area contributed by atoms with Gasteiger partial charge in [0.1, 0.15) is 16.1 Å². The van der Waals surface area contributed by atoms with Crippen LogP contribution in [0, 0.1) is 0 Å². The normalized spacial score (nSPS) is 19.6. The van der Waals surface area contributed by atoms with Crippen LogP contribution in [0.25, 0.3) is 0 Å². The number of hydrogen-bond acceptors (Lipinski definition) is 6. The number of nitrogens with zero attached hydrogens (tertiary/aromatic N) is 2. The van der Waals surface area contributed by atoms with Gasteiger partial charge in [-0.25, -0.2) is 0 Å². The van der Waals surface area contributed by atoms with E-state index >= 15 is 0 Å². The minimum atomic E-state index is -0.667. The monoisotopic (exact) mass is 395 g/mol. The summed E-state index contributed by atoms with van der Waals surface area (Å²) >= 11 is 6.86. The summed E-state index contributed by atoms with van der Waals surface area (Å²) in [7, 11) is 5.43. The molecule has 2 rings (SSSR count). The molecule has 1 aliphatic rings. The Bertz CT molecular complexity index is 707. The van der Waals surface area contributed by atoms with Crippen LogP contribution in [0.3, 0.4) is 0 Å². The number of thioether (sulfide) groups is 1. The van der Waals surface area contributed by atoms with E-state index in [4.69, 9.17) is 17.0 Å². The van der Waals surface area contributed by atoms with Gasteiger partial charge in [0.05, 0.1) is 7.11 Å². The average Bonchev–Trinajstić information content (AvgIpc) is 2.57. The highest BCUT2D eigenvalue weighted by Crippen LogP contribution is 2.36. The zero-order valence-corrected chi connectivity index (χ0v) is 17.4. The highest BCUT2D eigenvalue weighted by Gasteiger charge is 2.46. The van der Waals surface area contributed by atoms with Crippen molar-refractivity contribution in [2.45, 2.75) is 24.6 Å². The third-order valence-corrected chi connectivity index (χ3v) is 5.78. The van der Waals surface area contributed by atoms with Gasteiger partial charge in [-0.3, -0.25) is 14.5 Å². The minimum absolute atomic E-state index is 0.170. The Labute approximate surface area is 164 Å². The molecule has 1 unspecified atom stereocenters. The second-order valence-electron chi connectivity index (χ2n) is 6.90. The predicted molar refractivity (Wildman–Crippen MR) is 109 cm³/mol. The summed E-state index contributed by atoms with van der Waals surface area (Å²) in [5.74, 6) is 0.114. The van der Waals surface area contributed by atoms with Crippen LogP contribution in [0.15, 0.2) is 24.3 Å². The average molecular weight is 396 g/mol. The van der Waals surface area contributed by atoms with Crippen molar-refractivity contribution in [1.82, 2.24) is 15.1 Å². The van der Waals surface area contributed by atoms with Crippen LogP contribution in [0.2, 0.25) is 0 Å². The van der Waals surface area contributed by atoms with Gasteiger partial charge in [-0.2, -0.15) is 0 Å². The summed E-state index contributed by atoms with van der Waals surface area (Å²) in [6.07, 6.45) is 0. The maximum absolute atomic E-state index is 13.0. The van der Waals surface area contributed by atoms with Crippen LogP contribution in [0.4, 0.5) is 0 Å². The molecule has 6 nitrogen and oxygen atoms in total. The van der Waals surface area contributed by atoms with Gasteiger partial charge in [0.15, 0.2) is 0 Å². The van der Waals surface area contributed by atoms with E-state index in [-0.39, 0.29) is 11.8 Å². The molecule has 0 aromatic heterocycles. The van der Waals surface area contributed by atoms with Crippen LogP contribution < -0.4 is 10.1 Å². The Morgan fingerprint density at radius 2 is 2.12 bits per heavy atom. The number of likely N-dealkylation sites (N-methyl/N-ethyl adjacent to an activating group) is 1. The van der Waals surface area contributed by atoms with Gasteiger partial charge >= 0.3 is 0 Å². The van der Waals surface area contributed by atoms with Crippen LogP contribution >= 0.6 is 24.0 Å². The number of amides is 2. The Morgan fingerprint density at radius 3 is 2.73 bits per heavy atom. The van der Waals surface area contributed by atoms with Gasteiger partial charge in [0.2, 0.25) is 0 Å². The van der Waals surface area contributed by atoms with Crippen molar-refractivity contribution in [1.29, 1.82) is 0 Å². The van der Waals surface area contributed by atoms with E-state index in [1.807, 2.05) is 32.8 Å². The molecule has 1 fully saturated rings. The van der Waals surface area contributed by atoms with Crippen molar-refractivity contribution in [3.8, 4) is 5.75 Å². The van der Waals surface area contributed by atoms with Crippen LogP contribution in [0.5, 0.6) is 5.75 Å². The first-order chi connectivity index (χ1) is 12.2. The quantitative estimate of drug-likeness (QED) is 0.744. The fourth-order valence-electron chi connectivity index (χ4n) is 2.60. The van der Waals surface area contributed by atoms with Crippen molar-refractivity contribution in [2.75, 3.05) is 34.3 Å². The zero-order chi connectivity index (χ0) is 19.5. The van der Waals surface area contributed by atoms with Gasteiger partial charge in [-0.05, 0) is 46.1 Å². The molecule has 1 saturated heterocycles. The number of nitrogens with one attached hydrogen (secondary N) is 1. The van der Waals surface area contributed by atoms with Gasteiger partial charge in [0.25, 0.3) is 11.8 Å². The molecule has 142 valence electrons. The second-order valence-corrected chi connectivity index (χ2v) is 9.19. The molecule has 1 aromatic carbocycles. The molecule has 8 heteroatoms. The van der Waals surface area contributed by atoms with Gasteiger partial charge < -0.3 is 15.0 Å². The fourth-order valence-corrected chi connectivity index (χ4v) is 4.44. The molecule has 1 N–H and O–H groups in total. The van der Waals surface area contributed by atoms with E-state index in [0.717, 1.165) is 0 Å². The largest absolute Gasteiger partial charge is 0.497 e. The molecule has 0 bridgehead atoms. The zero-order valence-electron chi connectivity index (χ0n) is 15.7. The number of carbonyl (C=O) groups is 2. The summed E-state index contributed by atoms with van der Waals surface area (Å²) in [4.78, 5) is 29.3. The molecular formula is C18H25N3O3S2. The number of thiocarbonyl (C=S) groups is 1. The number of methoxy groups -OCH3 is 1. The summed E-state index contributed by atoms with van der Waals surface area (Å²) < 4.78 is 5.18. The van der Waals surface area contributed by atoms with Crippen molar-refractivity contribution >= 4 is 40.1 Å². The number of hydrogen-bond donors (Lipinski definition) is 1. The van der Waals surface area contributed by atoms with E-state index in [0.29, 0.717) is 28.7 Å². The molecule has 0 spiro atoms. The molecule has 2 amide bonds. The summed E-state index contributed by atoms with van der Waals surface area (Å²) in [5.41, 5.74) is 0.450. The standard InChI is InChI=1S/C18H25N3O3S2/c1-18(2)14(16(23)21(17(25)26-18)10-9-20(3)4)19-15(22)12-7-6-8-13(11-12)24-5/h6-8,11,14H,9-10H2,1-5H3,(H,19,22). The molecule has 0 saturated carbocycles. The summed E-state index contributed by atoms with van der Waals surface area (Å²) in [6.45, 7) is 5.03. The number of ether oxygens (including phenoxy) is 1. The van der Waals surface area contributed by atoms with Gasteiger partial charge in [-0.15, -0.1) is 0 Å². The van der Waals surface area contributed by atoms with E-state index < -0.39 is 10.8 Å². The molecule has 0 radical (unpaired) electrons. The molecule has 1 heterocycles. The van der Waals surface area contributed by atoms with Crippen molar-refractivity contribution < 1.29 is 14.3 Å². The Morgan fingerprint density at radius 1 is 1.42 bits per heavy atom. The maximum atomic E-state index is 13.0. The molecular weight excluding hydrogens is 370 g/mol. The molecule has 1 aromatic rings. The molecule has 26 heavy (non-hydrogen) atoms. The van der Waals surface area contributed by atoms with E-state index in [1.54, 1.807) is 36.3 Å². The second kappa shape index (κ2) is 8.37. The third-order valence-electron chi connectivity index (χ3n) is 4.16. The molecule has 1 atom stereocenters. The Balaban J connectivity index is 2.20. The van der Waals surface area contributed by atoms with Crippen LogP contribution in [-0.2, 0) is 4.79 Å². The SMILES string of the molecule is COc1cccc(C(=O)NC2C(=O)N(CCN(C)C)C(=S)SC2(C)C)c1. The third kappa shape index (κ3) is 4.75. The first-order valence-electron chi connectivity index (χ1n) is 8.29. The fraction of sp³-hybridized carbons (Fsp3) is 0.500. The molecule has 0 aliphatic carbocycles. The Hall–Kier alpha value is -1.64. The lowest BCUT2D eigenvalue weighted by Crippen LogP contribution is -2.62. The van der Waals surface area contributed by atoms with E-state index in [2.05, 4.69) is 5.32 Å².